The topological polar surface area (TPSA) is 42.9 Å². The third kappa shape index (κ3) is 6.05. The minimum absolute atomic E-state index is 0.0377. The highest BCUT2D eigenvalue weighted by Crippen LogP contribution is 2.38. The van der Waals surface area contributed by atoms with Crippen molar-refractivity contribution in [3.63, 3.8) is 0 Å². The SMILES string of the molecule is CO/N=C1/CC[C@@](COC(C)c2cc(C(F)(F)F)cc(C(F)(F)F)c2)(c2ccccc2)NC1. The van der Waals surface area contributed by atoms with E-state index in [9.17, 15) is 26.3 Å². The number of hydrogen-bond acceptors (Lipinski definition) is 4. The van der Waals surface area contributed by atoms with Crippen molar-refractivity contribution in [3.05, 3.63) is 70.8 Å². The monoisotopic (exact) mass is 474 g/mol. The highest BCUT2D eigenvalue weighted by Gasteiger charge is 2.39. The zero-order valence-corrected chi connectivity index (χ0v) is 18.1. The number of nitrogens with one attached hydrogen (secondary N) is 1. The van der Waals surface area contributed by atoms with E-state index in [1.807, 2.05) is 30.3 Å². The summed E-state index contributed by atoms with van der Waals surface area (Å²) < 4.78 is 85.2. The second kappa shape index (κ2) is 9.72. The summed E-state index contributed by atoms with van der Waals surface area (Å²) in [5.41, 5.74) is -1.92. The molecule has 4 nitrogen and oxygen atoms in total. The maximum Gasteiger partial charge on any atom is 0.416 e. The molecule has 0 amide bonds. The quantitative estimate of drug-likeness (QED) is 0.408. The molecule has 1 aliphatic rings. The molecule has 1 heterocycles. The Balaban J connectivity index is 1.87. The van der Waals surface area contributed by atoms with Crippen molar-refractivity contribution in [2.24, 2.45) is 5.16 Å². The smallest absolute Gasteiger partial charge is 0.399 e. The van der Waals surface area contributed by atoms with Crippen LogP contribution in [0.3, 0.4) is 0 Å². The van der Waals surface area contributed by atoms with Gasteiger partial charge in [-0.2, -0.15) is 26.3 Å². The highest BCUT2D eigenvalue weighted by atomic mass is 19.4. The van der Waals surface area contributed by atoms with E-state index >= 15 is 0 Å². The van der Waals surface area contributed by atoms with Crippen molar-refractivity contribution in [2.45, 2.75) is 43.8 Å². The first-order valence-electron chi connectivity index (χ1n) is 10.2. The van der Waals surface area contributed by atoms with Crippen LogP contribution in [-0.2, 0) is 27.5 Å². The summed E-state index contributed by atoms with van der Waals surface area (Å²) in [4.78, 5) is 4.82. The van der Waals surface area contributed by atoms with Crippen LogP contribution in [0.25, 0.3) is 0 Å². The van der Waals surface area contributed by atoms with Gasteiger partial charge in [-0.15, -0.1) is 0 Å². The molecule has 0 bridgehead atoms. The van der Waals surface area contributed by atoms with E-state index in [0.29, 0.717) is 31.5 Å². The van der Waals surface area contributed by atoms with Crippen LogP contribution in [0.15, 0.2) is 53.7 Å². The van der Waals surface area contributed by atoms with E-state index < -0.39 is 35.1 Å². The van der Waals surface area contributed by atoms with Gasteiger partial charge in [0.2, 0.25) is 0 Å². The van der Waals surface area contributed by atoms with Crippen LogP contribution >= 0.6 is 0 Å². The number of nitrogens with zero attached hydrogens (tertiary/aromatic N) is 1. The van der Waals surface area contributed by atoms with E-state index in [2.05, 4.69) is 10.5 Å². The van der Waals surface area contributed by atoms with Crippen LogP contribution in [0.2, 0.25) is 0 Å². The Morgan fingerprint density at radius 2 is 1.61 bits per heavy atom. The molecule has 1 fully saturated rings. The van der Waals surface area contributed by atoms with Crippen molar-refractivity contribution in [3.8, 4) is 0 Å². The number of piperidine rings is 1. The molecule has 1 aliphatic heterocycles. The molecule has 0 aliphatic carbocycles. The number of benzene rings is 2. The summed E-state index contributed by atoms with van der Waals surface area (Å²) in [5.74, 6) is 0. The predicted octanol–water partition coefficient (Wildman–Crippen LogP) is 6.08. The molecule has 0 radical (unpaired) electrons. The summed E-state index contributed by atoms with van der Waals surface area (Å²) in [5, 5.41) is 7.32. The van der Waals surface area contributed by atoms with Gasteiger partial charge in [-0.1, -0.05) is 35.5 Å². The van der Waals surface area contributed by atoms with E-state index in [1.165, 1.54) is 14.0 Å². The molecule has 0 spiro atoms. The molecule has 180 valence electrons. The molecule has 1 N–H and O–H groups in total. The zero-order valence-electron chi connectivity index (χ0n) is 18.1. The lowest BCUT2D eigenvalue weighted by Gasteiger charge is -2.39. The molecule has 3 rings (SSSR count). The molecule has 10 heteroatoms. The number of oxime groups is 1. The van der Waals surface area contributed by atoms with Gasteiger partial charge in [-0.3, -0.25) is 5.32 Å². The summed E-state index contributed by atoms with van der Waals surface area (Å²) in [7, 11) is 1.45. The van der Waals surface area contributed by atoms with E-state index in [1.54, 1.807) is 0 Å². The number of ether oxygens (including phenoxy) is 1. The molecule has 2 aromatic carbocycles. The third-order valence-electron chi connectivity index (χ3n) is 5.68. The average molecular weight is 474 g/mol. The van der Waals surface area contributed by atoms with Crippen LogP contribution in [0.5, 0.6) is 0 Å². The van der Waals surface area contributed by atoms with Crippen molar-refractivity contribution < 1.29 is 35.9 Å². The summed E-state index contributed by atoms with van der Waals surface area (Å²) >= 11 is 0. The van der Waals surface area contributed by atoms with Gasteiger partial charge in [0.1, 0.15) is 7.11 Å². The maximum absolute atomic E-state index is 13.2. The second-order valence-corrected chi connectivity index (χ2v) is 7.93. The number of alkyl halides is 6. The van der Waals surface area contributed by atoms with Gasteiger partial charge >= 0.3 is 12.4 Å². The van der Waals surface area contributed by atoms with E-state index in [-0.39, 0.29) is 18.2 Å². The second-order valence-electron chi connectivity index (χ2n) is 7.93. The Bertz CT molecular complexity index is 931. The predicted molar refractivity (Wildman–Crippen MR) is 111 cm³/mol. The van der Waals surface area contributed by atoms with E-state index in [0.717, 1.165) is 11.3 Å². The molecular weight excluding hydrogens is 450 g/mol. The number of rotatable bonds is 6. The Morgan fingerprint density at radius 3 is 2.09 bits per heavy atom. The van der Waals surface area contributed by atoms with Crippen LogP contribution in [0, 0.1) is 0 Å². The first-order valence-corrected chi connectivity index (χ1v) is 10.2. The van der Waals surface area contributed by atoms with Gasteiger partial charge in [-0.05, 0) is 49.1 Å². The normalized spacial score (nSPS) is 21.8. The van der Waals surface area contributed by atoms with Gasteiger partial charge in [0, 0.05) is 6.54 Å². The number of halogens is 6. The Morgan fingerprint density at radius 1 is 1.00 bits per heavy atom. The van der Waals surface area contributed by atoms with Gasteiger partial charge in [0.05, 0.1) is 35.1 Å². The standard InChI is InChI=1S/C23H24F6N2O2/c1-15(16-10-18(22(24,25)26)12-19(11-16)23(27,28)29)33-14-21(17-6-4-3-5-7-17)9-8-20(13-30-21)31-32-2/h3-7,10-12,15,30H,8-9,13-14H2,1-2H3/b31-20-/t15?,21-/m1/s1. The summed E-state index contributed by atoms with van der Waals surface area (Å²) in [6.07, 6.45) is -9.69. The van der Waals surface area contributed by atoms with Crippen molar-refractivity contribution in [1.82, 2.24) is 5.32 Å². The minimum atomic E-state index is -4.91. The minimum Gasteiger partial charge on any atom is -0.399 e. The molecule has 0 aromatic heterocycles. The van der Waals surface area contributed by atoms with Gasteiger partial charge < -0.3 is 9.57 Å². The molecule has 33 heavy (non-hydrogen) atoms. The van der Waals surface area contributed by atoms with Crippen LogP contribution in [0.1, 0.15) is 48.1 Å². The average Bonchev–Trinajstić information content (AvgIpc) is 2.78. The number of hydrogen-bond donors (Lipinski definition) is 1. The molecule has 1 unspecified atom stereocenters. The van der Waals surface area contributed by atoms with Crippen molar-refractivity contribution in [2.75, 3.05) is 20.3 Å². The van der Waals surface area contributed by atoms with Gasteiger partial charge in [0.15, 0.2) is 0 Å². The lowest BCUT2D eigenvalue weighted by atomic mass is 9.82. The molecule has 0 saturated carbocycles. The first kappa shape index (κ1) is 25.0. The van der Waals surface area contributed by atoms with Crippen LogP contribution in [0.4, 0.5) is 26.3 Å². The fourth-order valence-corrected chi connectivity index (χ4v) is 3.80. The molecule has 2 atom stereocenters. The summed E-state index contributed by atoms with van der Waals surface area (Å²) in [6.45, 7) is 1.88. The fraction of sp³-hybridized carbons (Fsp3) is 0.435. The third-order valence-corrected chi connectivity index (χ3v) is 5.68. The Kier molecular flexibility index (Phi) is 7.38. The first-order chi connectivity index (χ1) is 15.4. The molecular formula is C23H24F6N2O2. The van der Waals surface area contributed by atoms with Crippen molar-refractivity contribution >= 4 is 5.71 Å². The molecule has 1 saturated heterocycles. The van der Waals surface area contributed by atoms with Crippen LogP contribution in [-0.4, -0.2) is 26.0 Å². The fourth-order valence-electron chi connectivity index (χ4n) is 3.80. The zero-order chi connectivity index (χ0) is 24.3. The lowest BCUT2D eigenvalue weighted by molar-refractivity contribution is -0.143. The summed E-state index contributed by atoms with van der Waals surface area (Å²) in [6, 6.07) is 10.9. The van der Waals surface area contributed by atoms with E-state index in [4.69, 9.17) is 9.57 Å². The molecule has 2 aromatic rings. The maximum atomic E-state index is 13.2. The Hall–Kier alpha value is -2.59. The Labute approximate surface area is 187 Å². The lowest BCUT2D eigenvalue weighted by Crippen LogP contribution is -2.52. The highest BCUT2D eigenvalue weighted by molar-refractivity contribution is 5.87. The largest absolute Gasteiger partial charge is 0.416 e. The van der Waals surface area contributed by atoms with Crippen LogP contribution < -0.4 is 5.32 Å². The van der Waals surface area contributed by atoms with Gasteiger partial charge in [0.25, 0.3) is 0 Å². The van der Waals surface area contributed by atoms with Crippen molar-refractivity contribution in [1.29, 1.82) is 0 Å². The van der Waals surface area contributed by atoms with Gasteiger partial charge in [-0.25, -0.2) is 0 Å².